The lowest BCUT2D eigenvalue weighted by Gasteiger charge is -2.32. The third-order valence-corrected chi connectivity index (χ3v) is 4.56. The summed E-state index contributed by atoms with van der Waals surface area (Å²) in [5.41, 5.74) is 0.459. The number of hydrogen-bond donors (Lipinski definition) is 2. The highest BCUT2D eigenvalue weighted by atomic mass is 127. The molecule has 1 amide bonds. The van der Waals surface area contributed by atoms with E-state index in [9.17, 15) is 13.6 Å². The molecule has 1 heterocycles. The van der Waals surface area contributed by atoms with Crippen molar-refractivity contribution in [1.82, 2.24) is 15.5 Å². The van der Waals surface area contributed by atoms with Crippen molar-refractivity contribution in [3.05, 3.63) is 35.4 Å². The highest BCUT2D eigenvalue weighted by Crippen LogP contribution is 2.19. The predicted octanol–water partition coefficient (Wildman–Crippen LogP) is 3.08. The summed E-state index contributed by atoms with van der Waals surface area (Å²) >= 11 is 0. The van der Waals surface area contributed by atoms with Crippen LogP contribution in [0.2, 0.25) is 0 Å². The number of methoxy groups -OCH3 is 1. The molecule has 0 aromatic heterocycles. The number of carbonyl (C=O) groups excluding carboxylic acids is 1. The molecule has 1 aromatic carbocycles. The van der Waals surface area contributed by atoms with E-state index in [-0.39, 0.29) is 42.0 Å². The lowest BCUT2D eigenvalue weighted by Crippen LogP contribution is -2.50. The van der Waals surface area contributed by atoms with Crippen LogP contribution in [0.5, 0.6) is 0 Å². The number of aliphatic imine (C=N–C) groups is 1. The monoisotopic (exact) mass is 496 g/mol. The molecule has 0 saturated carbocycles. The number of rotatable bonds is 4. The normalized spacial score (nSPS) is 16.3. The molecular formula is C18H27F2IN4O2. The molecule has 0 bridgehead atoms. The summed E-state index contributed by atoms with van der Waals surface area (Å²) < 4.78 is 31.6. The molecule has 1 fully saturated rings. The molecule has 1 unspecified atom stereocenters. The zero-order valence-electron chi connectivity index (χ0n) is 15.8. The lowest BCUT2D eigenvalue weighted by molar-refractivity contribution is 0.111. The number of amides is 1. The lowest BCUT2D eigenvalue weighted by atomic mass is 10.0. The number of guanidine groups is 1. The number of ether oxygens (including phenoxy) is 1. The van der Waals surface area contributed by atoms with E-state index in [0.29, 0.717) is 31.2 Å². The Bertz CT molecular complexity index is 652. The van der Waals surface area contributed by atoms with Gasteiger partial charge in [0.2, 0.25) is 0 Å². The van der Waals surface area contributed by atoms with Crippen LogP contribution in [-0.2, 0) is 4.74 Å². The SMILES string of the molecule is CN=C(NCC(C)c1ccc(F)cc1F)NC1CCN(C(=O)OC)CC1.I. The molecule has 2 rings (SSSR count). The molecule has 1 atom stereocenters. The first-order valence-corrected chi connectivity index (χ1v) is 8.69. The van der Waals surface area contributed by atoms with Crippen molar-refractivity contribution < 1.29 is 18.3 Å². The van der Waals surface area contributed by atoms with Crippen LogP contribution < -0.4 is 10.6 Å². The van der Waals surface area contributed by atoms with Gasteiger partial charge in [-0.05, 0) is 24.5 Å². The van der Waals surface area contributed by atoms with E-state index in [1.807, 2.05) is 6.92 Å². The molecular weight excluding hydrogens is 469 g/mol. The van der Waals surface area contributed by atoms with E-state index in [1.54, 1.807) is 11.9 Å². The Morgan fingerprint density at radius 1 is 1.37 bits per heavy atom. The summed E-state index contributed by atoms with van der Waals surface area (Å²) in [5, 5.41) is 6.50. The van der Waals surface area contributed by atoms with Crippen LogP contribution >= 0.6 is 24.0 Å². The van der Waals surface area contributed by atoms with Gasteiger partial charge in [-0.3, -0.25) is 4.99 Å². The number of nitrogens with one attached hydrogen (secondary N) is 2. The summed E-state index contributed by atoms with van der Waals surface area (Å²) in [6, 6.07) is 3.82. The van der Waals surface area contributed by atoms with Crippen molar-refractivity contribution in [2.24, 2.45) is 4.99 Å². The fourth-order valence-electron chi connectivity index (χ4n) is 2.98. The second kappa shape index (κ2) is 11.3. The number of likely N-dealkylation sites (tertiary alicyclic amines) is 1. The molecule has 0 spiro atoms. The summed E-state index contributed by atoms with van der Waals surface area (Å²) in [7, 11) is 3.05. The van der Waals surface area contributed by atoms with Crippen molar-refractivity contribution in [3.63, 3.8) is 0 Å². The van der Waals surface area contributed by atoms with Crippen LogP contribution in [0.3, 0.4) is 0 Å². The molecule has 9 heteroatoms. The standard InChI is InChI=1S/C18H26F2N4O2.HI/c1-12(15-5-4-13(19)10-16(15)20)11-22-17(21-2)23-14-6-8-24(9-7-14)18(25)26-3;/h4-5,10,12,14H,6-9,11H2,1-3H3,(H2,21,22,23);1H. The number of carbonyl (C=O) groups is 1. The van der Waals surface area contributed by atoms with E-state index >= 15 is 0 Å². The number of nitrogens with zero attached hydrogens (tertiary/aromatic N) is 2. The quantitative estimate of drug-likeness (QED) is 0.382. The highest BCUT2D eigenvalue weighted by molar-refractivity contribution is 14.0. The third-order valence-electron chi connectivity index (χ3n) is 4.56. The van der Waals surface area contributed by atoms with Gasteiger partial charge in [-0.1, -0.05) is 13.0 Å². The van der Waals surface area contributed by atoms with Gasteiger partial charge in [-0.25, -0.2) is 13.6 Å². The molecule has 27 heavy (non-hydrogen) atoms. The van der Waals surface area contributed by atoms with Gasteiger partial charge in [0.25, 0.3) is 0 Å². The number of benzene rings is 1. The van der Waals surface area contributed by atoms with Crippen LogP contribution in [0.1, 0.15) is 31.2 Å². The Kier molecular flexibility index (Phi) is 9.75. The molecule has 0 radical (unpaired) electrons. The molecule has 1 aliphatic rings. The number of hydrogen-bond acceptors (Lipinski definition) is 3. The van der Waals surface area contributed by atoms with Gasteiger partial charge < -0.3 is 20.3 Å². The number of halogens is 3. The Morgan fingerprint density at radius 2 is 2.04 bits per heavy atom. The number of piperidine rings is 1. The molecule has 1 saturated heterocycles. The first kappa shape index (κ1) is 23.4. The second-order valence-corrected chi connectivity index (χ2v) is 6.40. The van der Waals surface area contributed by atoms with Crippen molar-refractivity contribution in [1.29, 1.82) is 0 Å². The molecule has 1 aliphatic heterocycles. The molecule has 6 nitrogen and oxygen atoms in total. The van der Waals surface area contributed by atoms with Crippen LogP contribution in [0.25, 0.3) is 0 Å². The minimum absolute atomic E-state index is 0. The Morgan fingerprint density at radius 3 is 2.59 bits per heavy atom. The smallest absolute Gasteiger partial charge is 0.409 e. The average molecular weight is 496 g/mol. The molecule has 1 aromatic rings. The zero-order valence-corrected chi connectivity index (χ0v) is 18.1. The van der Waals surface area contributed by atoms with E-state index < -0.39 is 11.6 Å². The minimum Gasteiger partial charge on any atom is -0.453 e. The summed E-state index contributed by atoms with van der Waals surface area (Å²) in [6.07, 6.45) is 1.27. The maximum absolute atomic E-state index is 13.9. The fourth-order valence-corrected chi connectivity index (χ4v) is 2.98. The van der Waals surface area contributed by atoms with Gasteiger partial charge in [0.05, 0.1) is 7.11 Å². The minimum atomic E-state index is -0.581. The fraction of sp³-hybridized carbons (Fsp3) is 0.556. The van der Waals surface area contributed by atoms with E-state index in [2.05, 4.69) is 15.6 Å². The Hall–Kier alpha value is -1.65. The molecule has 152 valence electrons. The predicted molar refractivity (Wildman–Crippen MR) is 112 cm³/mol. The van der Waals surface area contributed by atoms with Gasteiger partial charge >= 0.3 is 6.09 Å². The maximum Gasteiger partial charge on any atom is 0.409 e. The van der Waals surface area contributed by atoms with Gasteiger partial charge in [0, 0.05) is 44.7 Å². The molecule has 0 aliphatic carbocycles. The van der Waals surface area contributed by atoms with Crippen molar-refractivity contribution in [2.75, 3.05) is 33.8 Å². The largest absolute Gasteiger partial charge is 0.453 e. The first-order valence-electron chi connectivity index (χ1n) is 8.69. The van der Waals surface area contributed by atoms with Crippen LogP contribution in [-0.4, -0.2) is 56.8 Å². The highest BCUT2D eigenvalue weighted by Gasteiger charge is 2.23. The Balaban J connectivity index is 0.00000364. The van der Waals surface area contributed by atoms with Gasteiger partial charge in [-0.15, -0.1) is 24.0 Å². The van der Waals surface area contributed by atoms with E-state index in [0.717, 1.165) is 18.9 Å². The van der Waals surface area contributed by atoms with E-state index in [1.165, 1.54) is 19.2 Å². The second-order valence-electron chi connectivity index (χ2n) is 6.40. The first-order chi connectivity index (χ1) is 12.4. The zero-order chi connectivity index (χ0) is 19.1. The van der Waals surface area contributed by atoms with Crippen molar-refractivity contribution >= 4 is 36.0 Å². The Labute approximate surface area is 175 Å². The average Bonchev–Trinajstić information content (AvgIpc) is 2.64. The summed E-state index contributed by atoms with van der Waals surface area (Å²) in [6.45, 7) is 3.58. The van der Waals surface area contributed by atoms with Gasteiger partial charge in [0.15, 0.2) is 5.96 Å². The van der Waals surface area contributed by atoms with Crippen LogP contribution in [0.4, 0.5) is 13.6 Å². The van der Waals surface area contributed by atoms with E-state index in [4.69, 9.17) is 4.74 Å². The van der Waals surface area contributed by atoms with Crippen molar-refractivity contribution in [3.8, 4) is 0 Å². The van der Waals surface area contributed by atoms with Crippen LogP contribution in [0, 0.1) is 11.6 Å². The van der Waals surface area contributed by atoms with Crippen molar-refractivity contribution in [2.45, 2.75) is 31.7 Å². The topological polar surface area (TPSA) is 66.0 Å². The van der Waals surface area contributed by atoms with Crippen LogP contribution in [0.15, 0.2) is 23.2 Å². The van der Waals surface area contributed by atoms with Gasteiger partial charge in [0.1, 0.15) is 11.6 Å². The molecule has 2 N–H and O–H groups in total. The summed E-state index contributed by atoms with van der Waals surface area (Å²) in [4.78, 5) is 17.4. The summed E-state index contributed by atoms with van der Waals surface area (Å²) in [5.74, 6) is -0.647. The van der Waals surface area contributed by atoms with Gasteiger partial charge in [-0.2, -0.15) is 0 Å². The third kappa shape index (κ3) is 6.78. The maximum atomic E-state index is 13.9.